The van der Waals surface area contributed by atoms with Gasteiger partial charge in [-0.3, -0.25) is 14.7 Å². The fourth-order valence-electron chi connectivity index (χ4n) is 4.83. The molecule has 2 aliphatic heterocycles. The first-order chi connectivity index (χ1) is 15.1. The lowest BCUT2D eigenvalue weighted by molar-refractivity contribution is -0.137. The highest BCUT2D eigenvalue weighted by atomic mass is 19.4. The number of H-pyrrole nitrogens is 1. The van der Waals surface area contributed by atoms with E-state index < -0.39 is 34.5 Å². The normalized spacial score (nSPS) is 20.4. The van der Waals surface area contributed by atoms with E-state index in [0.717, 1.165) is 12.1 Å². The number of hydrogen-bond donors (Lipinski definition) is 2. The van der Waals surface area contributed by atoms with Crippen molar-refractivity contribution < 1.29 is 22.8 Å². The Labute approximate surface area is 181 Å². The maximum atomic E-state index is 13.4. The molecule has 0 aliphatic carbocycles. The summed E-state index contributed by atoms with van der Waals surface area (Å²) in [4.78, 5) is 28.3. The summed E-state index contributed by atoms with van der Waals surface area (Å²) >= 11 is 0. The fraction of sp³-hybridized carbons (Fsp3) is 0.429. The van der Waals surface area contributed by atoms with Crippen LogP contribution in [0.1, 0.15) is 34.3 Å². The summed E-state index contributed by atoms with van der Waals surface area (Å²) < 4.78 is 40.2. The van der Waals surface area contributed by atoms with Crippen molar-refractivity contribution in [2.75, 3.05) is 31.1 Å². The number of aromatic amines is 1. The number of alkyl halides is 3. The van der Waals surface area contributed by atoms with Crippen LogP contribution in [0.25, 0.3) is 0 Å². The lowest BCUT2D eigenvalue weighted by Gasteiger charge is -2.41. The minimum Gasteiger partial charge on any atom is -0.370 e. The number of carbonyl (C=O) groups excluding carboxylic acids is 2. The standard InChI is InChI=1S/C21H21F3N6O2/c22-21(23,24)16-7-15(2-1-13(16)8-25)30-11-17(18(26)31)20(12-30)3-5-29(6-4-20)19(32)14-9-27-28-10-14/h1-2,7,9-10,17H,3-6,11-12H2,(H2,26,31)(H,27,28). The lowest BCUT2D eigenvalue weighted by Crippen LogP contribution is -2.49. The van der Waals surface area contributed by atoms with Crippen LogP contribution < -0.4 is 10.6 Å². The van der Waals surface area contributed by atoms with E-state index in [9.17, 15) is 22.8 Å². The molecule has 0 radical (unpaired) electrons. The van der Waals surface area contributed by atoms with Gasteiger partial charge in [-0.2, -0.15) is 23.5 Å². The van der Waals surface area contributed by atoms with Crippen molar-refractivity contribution in [1.29, 1.82) is 5.26 Å². The smallest absolute Gasteiger partial charge is 0.370 e. The zero-order valence-corrected chi connectivity index (χ0v) is 17.0. The van der Waals surface area contributed by atoms with Crippen LogP contribution in [0.5, 0.6) is 0 Å². The van der Waals surface area contributed by atoms with Gasteiger partial charge in [-0.15, -0.1) is 0 Å². The maximum Gasteiger partial charge on any atom is 0.417 e. The lowest BCUT2D eigenvalue weighted by atomic mass is 9.70. The van der Waals surface area contributed by atoms with Crippen LogP contribution in [-0.4, -0.2) is 53.1 Å². The van der Waals surface area contributed by atoms with Crippen molar-refractivity contribution in [3.63, 3.8) is 0 Å². The third-order valence-electron chi connectivity index (χ3n) is 6.58. The van der Waals surface area contributed by atoms with Crippen LogP contribution in [0.15, 0.2) is 30.6 Å². The second-order valence-electron chi connectivity index (χ2n) is 8.32. The van der Waals surface area contributed by atoms with Gasteiger partial charge in [-0.25, -0.2) is 0 Å². The largest absolute Gasteiger partial charge is 0.417 e. The Bertz CT molecular complexity index is 1070. The van der Waals surface area contributed by atoms with Gasteiger partial charge in [0.2, 0.25) is 5.91 Å². The number of rotatable bonds is 3. The van der Waals surface area contributed by atoms with Crippen LogP contribution >= 0.6 is 0 Å². The molecule has 1 aromatic heterocycles. The van der Waals surface area contributed by atoms with Gasteiger partial charge in [0.05, 0.1) is 34.9 Å². The third kappa shape index (κ3) is 3.77. The molecule has 2 saturated heterocycles. The van der Waals surface area contributed by atoms with Crippen LogP contribution in [0.3, 0.4) is 0 Å². The highest BCUT2D eigenvalue weighted by Crippen LogP contribution is 2.46. The van der Waals surface area contributed by atoms with Gasteiger partial charge < -0.3 is 15.5 Å². The van der Waals surface area contributed by atoms with Gasteiger partial charge in [0.15, 0.2) is 0 Å². The number of carbonyl (C=O) groups is 2. The second-order valence-corrected chi connectivity index (χ2v) is 8.32. The molecule has 1 unspecified atom stereocenters. The first-order valence-corrected chi connectivity index (χ1v) is 10.1. The molecule has 0 saturated carbocycles. The molecule has 11 heteroatoms. The average Bonchev–Trinajstić information content (AvgIpc) is 3.41. The van der Waals surface area contributed by atoms with Gasteiger partial charge in [0.25, 0.3) is 5.91 Å². The molecule has 3 heterocycles. The average molecular weight is 446 g/mol. The number of hydrogen-bond acceptors (Lipinski definition) is 5. The van der Waals surface area contributed by atoms with Gasteiger partial charge in [-0.05, 0) is 31.0 Å². The predicted octanol–water partition coefficient (Wildman–Crippen LogP) is 2.14. The summed E-state index contributed by atoms with van der Waals surface area (Å²) in [5.74, 6) is -1.23. The number of amides is 2. The number of primary amides is 1. The van der Waals surface area contributed by atoms with Gasteiger partial charge in [0.1, 0.15) is 0 Å². The van der Waals surface area contributed by atoms with E-state index in [1.165, 1.54) is 18.5 Å². The number of nitrogens with one attached hydrogen (secondary N) is 1. The number of anilines is 1. The first kappa shape index (κ1) is 21.7. The monoisotopic (exact) mass is 446 g/mol. The van der Waals surface area contributed by atoms with Crippen LogP contribution in [0.2, 0.25) is 0 Å². The molecule has 2 aliphatic rings. The molecular weight excluding hydrogens is 425 g/mol. The number of likely N-dealkylation sites (tertiary alicyclic amines) is 1. The van der Waals surface area contributed by atoms with E-state index >= 15 is 0 Å². The van der Waals surface area contributed by atoms with Crippen molar-refractivity contribution in [2.45, 2.75) is 19.0 Å². The number of nitrogens with zero attached hydrogens (tertiary/aromatic N) is 4. The van der Waals surface area contributed by atoms with Crippen LogP contribution in [0, 0.1) is 22.7 Å². The Balaban J connectivity index is 1.56. The predicted molar refractivity (Wildman–Crippen MR) is 107 cm³/mol. The Morgan fingerprint density at radius 3 is 2.56 bits per heavy atom. The van der Waals surface area contributed by atoms with E-state index in [4.69, 9.17) is 11.0 Å². The molecule has 168 valence electrons. The van der Waals surface area contributed by atoms with Crippen molar-refractivity contribution in [3.05, 3.63) is 47.3 Å². The number of halogens is 3. The summed E-state index contributed by atoms with van der Waals surface area (Å²) in [5.41, 5.74) is 4.42. The number of piperidine rings is 1. The summed E-state index contributed by atoms with van der Waals surface area (Å²) in [5, 5.41) is 15.4. The van der Waals surface area contributed by atoms with Gasteiger partial charge in [-0.1, -0.05) is 0 Å². The van der Waals surface area contributed by atoms with E-state index in [-0.39, 0.29) is 18.1 Å². The van der Waals surface area contributed by atoms with Crippen molar-refractivity contribution in [2.24, 2.45) is 17.1 Å². The highest BCUT2D eigenvalue weighted by Gasteiger charge is 2.51. The number of nitriles is 1. The van der Waals surface area contributed by atoms with Crippen LogP contribution in [0.4, 0.5) is 18.9 Å². The molecule has 2 amide bonds. The zero-order valence-electron chi connectivity index (χ0n) is 17.0. The molecule has 1 aromatic carbocycles. The van der Waals surface area contributed by atoms with Crippen molar-refractivity contribution in [3.8, 4) is 6.07 Å². The Morgan fingerprint density at radius 2 is 2.00 bits per heavy atom. The molecule has 1 atom stereocenters. The number of aromatic nitrogens is 2. The topological polar surface area (TPSA) is 119 Å². The first-order valence-electron chi connectivity index (χ1n) is 10.1. The molecule has 2 aromatic rings. The van der Waals surface area contributed by atoms with Crippen LogP contribution in [-0.2, 0) is 11.0 Å². The van der Waals surface area contributed by atoms with Gasteiger partial charge in [0, 0.05) is 43.5 Å². The zero-order chi connectivity index (χ0) is 23.1. The second kappa shape index (κ2) is 7.85. The Morgan fingerprint density at radius 1 is 1.28 bits per heavy atom. The Hall–Kier alpha value is -3.55. The van der Waals surface area contributed by atoms with E-state index in [1.54, 1.807) is 15.9 Å². The minimum atomic E-state index is -4.67. The third-order valence-corrected chi connectivity index (χ3v) is 6.58. The van der Waals surface area contributed by atoms with E-state index in [2.05, 4.69) is 10.2 Å². The molecule has 1 spiro atoms. The molecular formula is C21H21F3N6O2. The molecule has 0 bridgehead atoms. The van der Waals surface area contributed by atoms with Gasteiger partial charge >= 0.3 is 6.18 Å². The van der Waals surface area contributed by atoms with E-state index in [1.807, 2.05) is 0 Å². The molecule has 2 fully saturated rings. The maximum absolute atomic E-state index is 13.4. The molecule has 4 rings (SSSR count). The quantitative estimate of drug-likeness (QED) is 0.749. The number of benzene rings is 1. The summed E-state index contributed by atoms with van der Waals surface area (Å²) in [6.45, 7) is 1.34. The highest BCUT2D eigenvalue weighted by molar-refractivity contribution is 5.93. The molecule has 8 nitrogen and oxygen atoms in total. The number of nitrogens with two attached hydrogens (primary N) is 1. The van der Waals surface area contributed by atoms with E-state index in [0.29, 0.717) is 38.0 Å². The summed E-state index contributed by atoms with van der Waals surface area (Å²) in [6.07, 6.45) is -0.703. The van der Waals surface area contributed by atoms with Crippen molar-refractivity contribution in [1.82, 2.24) is 15.1 Å². The van der Waals surface area contributed by atoms with Crippen molar-refractivity contribution >= 4 is 17.5 Å². The Kier molecular flexibility index (Phi) is 5.32. The summed E-state index contributed by atoms with van der Waals surface area (Å²) in [7, 11) is 0. The molecule has 3 N–H and O–H groups in total. The minimum absolute atomic E-state index is 0.166. The molecule has 32 heavy (non-hydrogen) atoms. The summed E-state index contributed by atoms with van der Waals surface area (Å²) in [6, 6.07) is 5.13. The fourth-order valence-corrected chi connectivity index (χ4v) is 4.83. The SMILES string of the molecule is N#Cc1ccc(N2CC(C(N)=O)C3(CCN(C(=O)c4cn[nH]c4)CC3)C2)cc1C(F)(F)F.